The Labute approximate surface area is 160 Å². The summed E-state index contributed by atoms with van der Waals surface area (Å²) < 4.78 is 8.08. The second-order valence-corrected chi connectivity index (χ2v) is 6.23. The maximum absolute atomic E-state index is 12.4. The average molecular weight is 386 g/mol. The minimum atomic E-state index is -0.882. The Balaban J connectivity index is 1.97. The van der Waals surface area contributed by atoms with Crippen LogP contribution in [0.3, 0.4) is 0 Å². The number of nitrogens with zero attached hydrogens (tertiary/aromatic N) is 4. The van der Waals surface area contributed by atoms with Crippen LogP contribution in [0.4, 0.5) is 5.95 Å². The second kappa shape index (κ2) is 8.63. The molecule has 0 spiro atoms. The molecule has 0 aliphatic rings. The van der Waals surface area contributed by atoms with E-state index in [1.54, 1.807) is 23.0 Å². The van der Waals surface area contributed by atoms with Crippen LogP contribution in [0.15, 0.2) is 46.8 Å². The lowest BCUT2D eigenvalue weighted by Crippen LogP contribution is -2.30. The van der Waals surface area contributed by atoms with Crippen molar-refractivity contribution < 1.29 is 9.84 Å². The fraction of sp³-hybridized carbons (Fsp3) is 0.333. The molecule has 148 valence electrons. The van der Waals surface area contributed by atoms with Gasteiger partial charge < -0.3 is 19.7 Å². The number of nitrogens with one attached hydrogen (secondary N) is 2. The van der Waals surface area contributed by atoms with Crippen molar-refractivity contribution in [3.05, 3.63) is 63.6 Å². The summed E-state index contributed by atoms with van der Waals surface area (Å²) in [6, 6.07) is 3.71. The van der Waals surface area contributed by atoms with Crippen molar-refractivity contribution in [2.75, 3.05) is 18.5 Å². The quantitative estimate of drug-likeness (QED) is 0.349. The third-order valence-electron chi connectivity index (χ3n) is 4.12. The number of imidazole rings is 1. The highest BCUT2D eigenvalue weighted by atomic mass is 16.5. The molecular formula is C18H22N6O4. The molecule has 0 amide bonds. The summed E-state index contributed by atoms with van der Waals surface area (Å²) in [6.45, 7) is 4.40. The van der Waals surface area contributed by atoms with E-state index >= 15 is 0 Å². The Morgan fingerprint density at radius 1 is 1.46 bits per heavy atom. The summed E-state index contributed by atoms with van der Waals surface area (Å²) in [5.41, 5.74) is 0.203. The molecule has 0 saturated heterocycles. The first-order valence-electron chi connectivity index (χ1n) is 8.70. The molecular weight excluding hydrogens is 364 g/mol. The van der Waals surface area contributed by atoms with E-state index in [-0.39, 0.29) is 24.3 Å². The zero-order valence-corrected chi connectivity index (χ0v) is 15.5. The van der Waals surface area contributed by atoms with E-state index < -0.39 is 17.4 Å². The molecule has 0 unspecified atom stereocenters. The fourth-order valence-corrected chi connectivity index (χ4v) is 2.78. The first-order chi connectivity index (χ1) is 13.5. The lowest BCUT2D eigenvalue weighted by Gasteiger charge is -2.15. The molecule has 0 bridgehead atoms. The molecule has 3 N–H and O–H groups in total. The molecule has 3 aromatic heterocycles. The van der Waals surface area contributed by atoms with Crippen LogP contribution in [0.2, 0.25) is 0 Å². The van der Waals surface area contributed by atoms with Crippen molar-refractivity contribution in [3.8, 4) is 0 Å². The van der Waals surface area contributed by atoms with E-state index in [1.807, 2.05) is 12.1 Å². The largest absolute Gasteiger partial charge is 0.389 e. The van der Waals surface area contributed by atoms with Gasteiger partial charge in [-0.05, 0) is 11.6 Å². The lowest BCUT2D eigenvalue weighted by molar-refractivity contribution is 0.0405. The monoisotopic (exact) mass is 386 g/mol. The topological polar surface area (TPSA) is 127 Å². The van der Waals surface area contributed by atoms with Gasteiger partial charge in [0, 0.05) is 26.0 Å². The molecule has 0 aliphatic heterocycles. The van der Waals surface area contributed by atoms with Crippen LogP contribution in [-0.4, -0.2) is 48.5 Å². The molecule has 3 aromatic rings. The molecule has 3 heterocycles. The van der Waals surface area contributed by atoms with Gasteiger partial charge in [-0.15, -0.1) is 6.58 Å². The van der Waals surface area contributed by atoms with Gasteiger partial charge in [-0.3, -0.25) is 19.3 Å². The van der Waals surface area contributed by atoms with Gasteiger partial charge in [0.15, 0.2) is 11.2 Å². The Morgan fingerprint density at radius 2 is 2.29 bits per heavy atom. The van der Waals surface area contributed by atoms with Crippen molar-refractivity contribution in [3.63, 3.8) is 0 Å². The smallest absolute Gasteiger partial charge is 0.329 e. The maximum Gasteiger partial charge on any atom is 0.329 e. The van der Waals surface area contributed by atoms with Gasteiger partial charge in [-0.2, -0.15) is 4.98 Å². The fourth-order valence-electron chi connectivity index (χ4n) is 2.78. The highest BCUT2D eigenvalue weighted by molar-refractivity contribution is 5.74. The first kappa shape index (κ1) is 19.5. The van der Waals surface area contributed by atoms with E-state index in [9.17, 15) is 14.7 Å². The lowest BCUT2D eigenvalue weighted by atomic mass is 10.3. The predicted molar refractivity (Wildman–Crippen MR) is 104 cm³/mol. The molecule has 0 radical (unpaired) electrons. The maximum atomic E-state index is 12.4. The van der Waals surface area contributed by atoms with Gasteiger partial charge in [0.05, 0.1) is 25.9 Å². The molecule has 0 fully saturated rings. The number of ether oxygens (including phenoxy) is 1. The summed E-state index contributed by atoms with van der Waals surface area (Å²) in [4.78, 5) is 35.0. The van der Waals surface area contributed by atoms with Gasteiger partial charge in [0.1, 0.15) is 0 Å². The number of pyridine rings is 1. The highest BCUT2D eigenvalue weighted by Gasteiger charge is 2.19. The summed E-state index contributed by atoms with van der Waals surface area (Å²) in [5.74, 6) is 0.355. The molecule has 10 nitrogen and oxygen atoms in total. The van der Waals surface area contributed by atoms with Gasteiger partial charge in [0.2, 0.25) is 5.95 Å². The van der Waals surface area contributed by atoms with Crippen LogP contribution in [0, 0.1) is 0 Å². The van der Waals surface area contributed by atoms with Gasteiger partial charge in [0.25, 0.3) is 5.56 Å². The van der Waals surface area contributed by atoms with Crippen molar-refractivity contribution in [1.29, 1.82) is 0 Å². The van der Waals surface area contributed by atoms with E-state index in [4.69, 9.17) is 4.74 Å². The number of fused-ring (bicyclic) bond motifs is 1. The van der Waals surface area contributed by atoms with E-state index in [2.05, 4.69) is 26.8 Å². The van der Waals surface area contributed by atoms with E-state index in [1.165, 1.54) is 11.6 Å². The molecule has 10 heteroatoms. The second-order valence-electron chi connectivity index (χ2n) is 6.23. The van der Waals surface area contributed by atoms with Crippen LogP contribution in [-0.2, 0) is 24.9 Å². The van der Waals surface area contributed by atoms with Crippen LogP contribution in [0.5, 0.6) is 0 Å². The number of H-pyrrole nitrogens is 1. The summed E-state index contributed by atoms with van der Waals surface area (Å²) >= 11 is 0. The van der Waals surface area contributed by atoms with Crippen LogP contribution < -0.4 is 16.6 Å². The third-order valence-corrected chi connectivity index (χ3v) is 4.12. The number of anilines is 1. The Morgan fingerprint density at radius 3 is 3.00 bits per heavy atom. The normalized spacial score (nSPS) is 12.2. The minimum Gasteiger partial charge on any atom is -0.389 e. The van der Waals surface area contributed by atoms with Crippen molar-refractivity contribution in [1.82, 2.24) is 24.1 Å². The number of aromatic amines is 1. The first-order valence-corrected chi connectivity index (χ1v) is 8.70. The SMILES string of the molecule is C=CCOC[C@H](O)Cn1c(NCc2cccnc2)nc2c1c(=O)[nH]c(=O)n2C. The molecule has 0 aromatic carbocycles. The van der Waals surface area contributed by atoms with Crippen LogP contribution in [0.1, 0.15) is 5.56 Å². The number of hydrogen-bond donors (Lipinski definition) is 3. The van der Waals surface area contributed by atoms with Crippen LogP contribution >= 0.6 is 0 Å². The zero-order chi connectivity index (χ0) is 20.1. The standard InChI is InChI=1S/C18H22N6O4/c1-3-7-28-11-13(25)10-24-14-15(23(2)18(27)22-16(14)26)21-17(24)20-9-12-5-4-6-19-8-12/h3-6,8,13,25H,1,7,9-11H2,2H3,(H,20,21)(H,22,26,27)/t13-/m1/s1. The van der Waals surface area contributed by atoms with Gasteiger partial charge >= 0.3 is 5.69 Å². The minimum absolute atomic E-state index is 0.0598. The summed E-state index contributed by atoms with van der Waals surface area (Å²) in [6.07, 6.45) is 4.09. The molecule has 1 atom stereocenters. The third kappa shape index (κ3) is 4.18. The van der Waals surface area contributed by atoms with Gasteiger partial charge in [-0.1, -0.05) is 12.1 Å². The number of aryl methyl sites for hydroxylation is 1. The number of aliphatic hydroxyl groups is 1. The Hall–Kier alpha value is -3.24. The summed E-state index contributed by atoms with van der Waals surface area (Å²) in [7, 11) is 1.52. The van der Waals surface area contributed by atoms with E-state index in [0.29, 0.717) is 19.1 Å². The highest BCUT2D eigenvalue weighted by Crippen LogP contribution is 2.17. The number of rotatable bonds is 9. The zero-order valence-electron chi connectivity index (χ0n) is 15.5. The predicted octanol–water partition coefficient (Wildman–Crippen LogP) is -0.00610. The number of aliphatic hydroxyl groups excluding tert-OH is 1. The van der Waals surface area contributed by atoms with Crippen molar-refractivity contribution >= 4 is 17.1 Å². The van der Waals surface area contributed by atoms with Crippen LogP contribution in [0.25, 0.3) is 11.2 Å². The molecule has 28 heavy (non-hydrogen) atoms. The van der Waals surface area contributed by atoms with Crippen molar-refractivity contribution in [2.24, 2.45) is 7.05 Å². The molecule has 3 rings (SSSR count). The van der Waals surface area contributed by atoms with E-state index in [0.717, 1.165) is 5.56 Å². The molecule has 0 saturated carbocycles. The summed E-state index contributed by atoms with van der Waals surface area (Å²) in [5, 5.41) is 13.4. The van der Waals surface area contributed by atoms with Crippen molar-refractivity contribution in [2.45, 2.75) is 19.2 Å². The molecule has 0 aliphatic carbocycles. The number of aromatic nitrogens is 5. The Bertz CT molecular complexity index is 1070. The Kier molecular flexibility index (Phi) is 6.02. The number of hydrogen-bond acceptors (Lipinski definition) is 7. The van der Waals surface area contributed by atoms with Gasteiger partial charge in [-0.25, -0.2) is 4.79 Å². The average Bonchev–Trinajstić information content (AvgIpc) is 3.04.